The Kier molecular flexibility index (Phi) is 8.75. The average molecular weight is 469 g/mol. The summed E-state index contributed by atoms with van der Waals surface area (Å²) in [7, 11) is -5.55. The van der Waals surface area contributed by atoms with Gasteiger partial charge in [0.2, 0.25) is 10.0 Å². The van der Waals surface area contributed by atoms with Crippen LogP contribution in [0.3, 0.4) is 0 Å². The second-order valence-corrected chi connectivity index (χ2v) is 10.8. The maximum absolute atomic E-state index is 12.5. The van der Waals surface area contributed by atoms with Crippen molar-refractivity contribution in [2.45, 2.75) is 30.2 Å². The van der Waals surface area contributed by atoms with Crippen molar-refractivity contribution in [1.29, 1.82) is 0 Å². The third-order valence-electron chi connectivity index (χ3n) is 4.75. The SMILES string of the molecule is CCN(CC)S(=O)(=O)c1ccc(CNC(=O)c2ccc(S(=O)(=O)CCOC)cc2)cc1. The zero-order chi connectivity index (χ0) is 23.1. The van der Waals surface area contributed by atoms with Crippen LogP contribution in [0, 0.1) is 0 Å². The van der Waals surface area contributed by atoms with Gasteiger partial charge in [0.15, 0.2) is 9.84 Å². The smallest absolute Gasteiger partial charge is 0.251 e. The lowest BCUT2D eigenvalue weighted by Gasteiger charge is -2.18. The molecule has 0 heterocycles. The molecule has 31 heavy (non-hydrogen) atoms. The second-order valence-electron chi connectivity index (χ2n) is 6.75. The molecule has 0 aliphatic rings. The van der Waals surface area contributed by atoms with E-state index in [1.807, 2.05) is 0 Å². The van der Waals surface area contributed by atoms with Gasteiger partial charge in [0, 0.05) is 32.3 Å². The second kappa shape index (κ2) is 10.9. The number of hydrogen-bond acceptors (Lipinski definition) is 6. The van der Waals surface area contributed by atoms with Crippen LogP contribution in [-0.2, 0) is 31.1 Å². The highest BCUT2D eigenvalue weighted by Crippen LogP contribution is 2.17. The Labute approximate surface area is 184 Å². The zero-order valence-corrected chi connectivity index (χ0v) is 19.5. The van der Waals surface area contributed by atoms with E-state index >= 15 is 0 Å². The van der Waals surface area contributed by atoms with Crippen molar-refractivity contribution in [3.05, 3.63) is 59.7 Å². The molecule has 0 saturated carbocycles. The Hall–Kier alpha value is -2.27. The van der Waals surface area contributed by atoms with Crippen LogP contribution in [0.25, 0.3) is 0 Å². The monoisotopic (exact) mass is 468 g/mol. The van der Waals surface area contributed by atoms with Crippen LogP contribution < -0.4 is 5.32 Å². The molecule has 2 aromatic carbocycles. The van der Waals surface area contributed by atoms with Gasteiger partial charge in [-0.3, -0.25) is 4.79 Å². The maximum Gasteiger partial charge on any atom is 0.251 e. The Balaban J connectivity index is 2.01. The zero-order valence-electron chi connectivity index (χ0n) is 17.9. The van der Waals surface area contributed by atoms with E-state index in [4.69, 9.17) is 4.74 Å². The van der Waals surface area contributed by atoms with Gasteiger partial charge in [0.05, 0.1) is 22.2 Å². The number of nitrogens with one attached hydrogen (secondary N) is 1. The third kappa shape index (κ3) is 6.36. The average Bonchev–Trinajstić information content (AvgIpc) is 2.77. The van der Waals surface area contributed by atoms with Gasteiger partial charge in [-0.2, -0.15) is 4.31 Å². The maximum atomic E-state index is 12.5. The van der Waals surface area contributed by atoms with Crippen LogP contribution in [0.2, 0.25) is 0 Å². The summed E-state index contributed by atoms with van der Waals surface area (Å²) in [6, 6.07) is 12.1. The van der Waals surface area contributed by atoms with Crippen LogP contribution >= 0.6 is 0 Å². The number of benzene rings is 2. The summed E-state index contributed by atoms with van der Waals surface area (Å²) in [5.41, 5.74) is 1.07. The molecule has 170 valence electrons. The van der Waals surface area contributed by atoms with Crippen LogP contribution in [0.4, 0.5) is 0 Å². The van der Waals surface area contributed by atoms with Gasteiger partial charge in [-0.25, -0.2) is 16.8 Å². The van der Waals surface area contributed by atoms with Gasteiger partial charge in [-0.1, -0.05) is 26.0 Å². The van der Waals surface area contributed by atoms with Gasteiger partial charge in [0.25, 0.3) is 5.91 Å². The fourth-order valence-electron chi connectivity index (χ4n) is 2.90. The van der Waals surface area contributed by atoms with Crippen molar-refractivity contribution >= 4 is 25.8 Å². The molecule has 1 amide bonds. The molecule has 1 N–H and O–H groups in total. The van der Waals surface area contributed by atoms with E-state index in [9.17, 15) is 21.6 Å². The van der Waals surface area contributed by atoms with E-state index in [1.54, 1.807) is 26.0 Å². The van der Waals surface area contributed by atoms with Gasteiger partial charge in [-0.15, -0.1) is 0 Å². The number of amides is 1. The Morgan fingerprint density at radius 3 is 1.97 bits per heavy atom. The van der Waals surface area contributed by atoms with E-state index in [1.165, 1.54) is 47.8 Å². The number of ether oxygens (including phenoxy) is 1. The third-order valence-corrected chi connectivity index (χ3v) is 8.51. The molecule has 2 rings (SSSR count). The summed E-state index contributed by atoms with van der Waals surface area (Å²) < 4.78 is 55.5. The minimum absolute atomic E-state index is 0.0968. The highest BCUT2D eigenvalue weighted by Gasteiger charge is 2.21. The summed E-state index contributed by atoms with van der Waals surface area (Å²) in [5, 5.41) is 2.74. The van der Waals surface area contributed by atoms with E-state index in [0.29, 0.717) is 18.7 Å². The first-order valence-corrected chi connectivity index (χ1v) is 12.9. The van der Waals surface area contributed by atoms with Crippen LogP contribution in [-0.4, -0.2) is 59.6 Å². The van der Waals surface area contributed by atoms with Crippen LogP contribution in [0.1, 0.15) is 29.8 Å². The van der Waals surface area contributed by atoms with Crippen molar-refractivity contribution in [1.82, 2.24) is 9.62 Å². The van der Waals surface area contributed by atoms with Gasteiger partial charge < -0.3 is 10.1 Å². The van der Waals surface area contributed by atoms with Gasteiger partial charge in [0.1, 0.15) is 0 Å². The summed E-state index contributed by atoms with van der Waals surface area (Å²) in [6.45, 7) is 4.66. The molecule has 0 aliphatic heterocycles. The summed E-state index contributed by atoms with van der Waals surface area (Å²) >= 11 is 0. The minimum Gasteiger partial charge on any atom is -0.384 e. The predicted molar refractivity (Wildman–Crippen MR) is 118 cm³/mol. The highest BCUT2D eigenvalue weighted by molar-refractivity contribution is 7.91. The molecule has 0 atom stereocenters. The Bertz CT molecular complexity index is 1080. The molecule has 0 saturated heterocycles. The summed E-state index contributed by atoms with van der Waals surface area (Å²) in [4.78, 5) is 12.7. The lowest BCUT2D eigenvalue weighted by Crippen LogP contribution is -2.30. The summed E-state index contributed by atoms with van der Waals surface area (Å²) in [6.07, 6.45) is 0. The van der Waals surface area contributed by atoms with Gasteiger partial charge >= 0.3 is 0 Å². The van der Waals surface area contributed by atoms with E-state index < -0.39 is 19.9 Å². The molecule has 0 aliphatic carbocycles. The molecular weight excluding hydrogens is 440 g/mol. The van der Waals surface area contributed by atoms with Crippen molar-refractivity contribution in [3.8, 4) is 0 Å². The number of nitrogens with zero attached hydrogens (tertiary/aromatic N) is 1. The quantitative estimate of drug-likeness (QED) is 0.541. The molecule has 10 heteroatoms. The van der Waals surface area contributed by atoms with Crippen LogP contribution in [0.15, 0.2) is 58.3 Å². The molecule has 0 bridgehead atoms. The molecule has 0 unspecified atom stereocenters. The number of carbonyl (C=O) groups excluding carboxylic acids is 1. The Morgan fingerprint density at radius 1 is 0.903 bits per heavy atom. The lowest BCUT2D eigenvalue weighted by molar-refractivity contribution is 0.0950. The first kappa shape index (κ1) is 25.0. The molecule has 0 spiro atoms. The van der Waals surface area contributed by atoms with E-state index in [-0.39, 0.29) is 34.6 Å². The number of sulfone groups is 1. The molecule has 2 aromatic rings. The normalized spacial score (nSPS) is 12.1. The summed E-state index contributed by atoms with van der Waals surface area (Å²) in [5.74, 6) is -0.490. The van der Waals surface area contributed by atoms with Crippen molar-refractivity contribution in [2.24, 2.45) is 0 Å². The lowest BCUT2D eigenvalue weighted by atomic mass is 10.2. The first-order chi connectivity index (χ1) is 14.7. The minimum atomic E-state index is -3.53. The first-order valence-electron chi connectivity index (χ1n) is 9.84. The number of rotatable bonds is 11. The van der Waals surface area contributed by atoms with Crippen molar-refractivity contribution in [3.63, 3.8) is 0 Å². The highest BCUT2D eigenvalue weighted by atomic mass is 32.2. The molecule has 8 nitrogen and oxygen atoms in total. The fourth-order valence-corrected chi connectivity index (χ4v) is 5.53. The molecule has 0 radical (unpaired) electrons. The number of hydrogen-bond donors (Lipinski definition) is 1. The topological polar surface area (TPSA) is 110 Å². The van der Waals surface area contributed by atoms with Gasteiger partial charge in [-0.05, 0) is 42.0 Å². The predicted octanol–water partition coefficient (Wildman–Crippen LogP) is 2.07. The van der Waals surface area contributed by atoms with E-state index in [2.05, 4.69) is 5.32 Å². The standard InChI is InChI=1S/C21H28N2O6S2/c1-4-23(5-2)31(27,28)20-10-6-17(7-11-20)16-22-21(24)18-8-12-19(13-9-18)30(25,26)15-14-29-3/h6-13H,4-5,14-16H2,1-3H3,(H,22,24). The number of methoxy groups -OCH3 is 1. The van der Waals surface area contributed by atoms with Crippen LogP contribution in [0.5, 0.6) is 0 Å². The molecular formula is C21H28N2O6S2. The van der Waals surface area contributed by atoms with Crippen molar-refractivity contribution in [2.75, 3.05) is 32.6 Å². The Morgan fingerprint density at radius 2 is 1.45 bits per heavy atom. The van der Waals surface area contributed by atoms with Crippen molar-refractivity contribution < 1.29 is 26.4 Å². The molecule has 0 aromatic heterocycles. The fraction of sp³-hybridized carbons (Fsp3) is 0.381. The molecule has 0 fully saturated rings. The van der Waals surface area contributed by atoms with E-state index in [0.717, 1.165) is 5.56 Å². The number of carbonyl (C=O) groups is 1. The number of sulfonamides is 1. The largest absolute Gasteiger partial charge is 0.384 e.